The molecule has 4 N–H and O–H groups in total. The summed E-state index contributed by atoms with van der Waals surface area (Å²) in [5.74, 6) is -1.66. The summed E-state index contributed by atoms with van der Waals surface area (Å²) in [4.78, 5) is 20.0. The summed E-state index contributed by atoms with van der Waals surface area (Å²) in [6, 6.07) is 1.48. The van der Waals surface area contributed by atoms with E-state index in [-0.39, 0.29) is 23.1 Å². The third-order valence-corrected chi connectivity index (χ3v) is 4.49. The normalized spacial score (nSPS) is 21.1. The highest BCUT2D eigenvalue weighted by Crippen LogP contribution is 2.45. The smallest absolute Gasteiger partial charge is 0.430 e. The number of amides is 1. The van der Waals surface area contributed by atoms with Gasteiger partial charge in [-0.1, -0.05) is 0 Å². The number of hydrogen-bond donors (Lipinski definition) is 3. The van der Waals surface area contributed by atoms with Crippen LogP contribution in [0.2, 0.25) is 0 Å². The summed E-state index contributed by atoms with van der Waals surface area (Å²) in [6.07, 6.45) is -1.76. The van der Waals surface area contributed by atoms with E-state index in [1.807, 2.05) is 0 Å². The van der Waals surface area contributed by atoms with Gasteiger partial charge in [-0.05, 0) is 25.1 Å². The fourth-order valence-electron chi connectivity index (χ4n) is 2.77. The molecule has 1 amide bonds. The van der Waals surface area contributed by atoms with E-state index < -0.39 is 35.1 Å². The number of hydrogen-bond acceptors (Lipinski definition) is 7. The van der Waals surface area contributed by atoms with Crippen molar-refractivity contribution in [3.8, 4) is 5.88 Å². The first kappa shape index (κ1) is 21.1. The van der Waals surface area contributed by atoms with E-state index in [2.05, 4.69) is 20.6 Å². The Morgan fingerprint density at radius 2 is 2.07 bits per heavy atom. The first-order valence-electron chi connectivity index (χ1n) is 8.48. The minimum atomic E-state index is -4.85. The quantitative estimate of drug-likeness (QED) is 0.643. The number of rotatable bonds is 4. The van der Waals surface area contributed by atoms with E-state index in [4.69, 9.17) is 15.2 Å². The largest absolute Gasteiger partial charge is 0.480 e. The summed E-state index contributed by atoms with van der Waals surface area (Å²) in [6.45, 7) is 0.769. The lowest BCUT2D eigenvalue weighted by atomic mass is 9.87. The van der Waals surface area contributed by atoms with E-state index in [0.717, 1.165) is 31.5 Å². The van der Waals surface area contributed by atoms with Crippen LogP contribution in [-0.2, 0) is 4.74 Å². The molecule has 1 aliphatic rings. The number of anilines is 1. The van der Waals surface area contributed by atoms with Gasteiger partial charge in [0.15, 0.2) is 0 Å². The standard InChI is InChI=1S/C18H17F4N5O3/c1-17(18(20,21)22)15(27-13(23)8-30-17)10-5-9(3-4-11(10)19)26-16(28)12-6-25-14(29-2)7-24-12/h3-8,15,27H,23H2,1-2H3,(H,26,28)/t15-,17-/m1/s1. The van der Waals surface area contributed by atoms with Crippen molar-refractivity contribution in [1.82, 2.24) is 15.3 Å². The van der Waals surface area contributed by atoms with Crippen molar-refractivity contribution in [3.63, 3.8) is 0 Å². The number of methoxy groups -OCH3 is 1. The Hall–Kier alpha value is -3.57. The van der Waals surface area contributed by atoms with Crippen molar-refractivity contribution >= 4 is 11.6 Å². The minimum absolute atomic E-state index is 0.0356. The van der Waals surface area contributed by atoms with E-state index in [1.54, 1.807) is 0 Å². The van der Waals surface area contributed by atoms with Crippen LogP contribution in [0.15, 0.2) is 42.7 Å². The van der Waals surface area contributed by atoms with E-state index in [1.165, 1.54) is 19.4 Å². The molecule has 160 valence electrons. The van der Waals surface area contributed by atoms with Crippen LogP contribution in [-0.4, -0.2) is 34.8 Å². The lowest BCUT2D eigenvalue weighted by molar-refractivity contribution is -0.269. The highest BCUT2D eigenvalue weighted by atomic mass is 19.4. The molecule has 0 saturated carbocycles. The number of carbonyl (C=O) groups excluding carboxylic acids is 1. The maximum Gasteiger partial charge on any atom is 0.430 e. The number of alkyl halides is 3. The van der Waals surface area contributed by atoms with Gasteiger partial charge in [0.05, 0.1) is 19.5 Å². The Balaban J connectivity index is 1.92. The van der Waals surface area contributed by atoms with Gasteiger partial charge in [-0.15, -0.1) is 0 Å². The van der Waals surface area contributed by atoms with Gasteiger partial charge in [0, 0.05) is 11.3 Å². The topological polar surface area (TPSA) is 111 Å². The van der Waals surface area contributed by atoms with Crippen molar-refractivity contribution < 1.29 is 31.8 Å². The molecule has 0 saturated heterocycles. The molecule has 1 aromatic carbocycles. The minimum Gasteiger partial charge on any atom is -0.480 e. The number of nitrogens with one attached hydrogen (secondary N) is 2. The molecule has 2 heterocycles. The lowest BCUT2D eigenvalue weighted by Gasteiger charge is -2.42. The molecule has 1 aliphatic heterocycles. The molecule has 2 aromatic rings. The summed E-state index contributed by atoms with van der Waals surface area (Å²) in [5, 5.41) is 4.84. The van der Waals surface area contributed by atoms with Crippen molar-refractivity contribution in [2.45, 2.75) is 24.7 Å². The first-order valence-corrected chi connectivity index (χ1v) is 8.48. The SMILES string of the molecule is COc1cnc(C(=O)Nc2ccc(F)c([C@H]3NC(N)=CO[C@@]3(C)C(F)(F)F)c2)cn1. The van der Waals surface area contributed by atoms with Gasteiger partial charge in [-0.25, -0.2) is 14.4 Å². The number of benzene rings is 1. The predicted molar refractivity (Wildman–Crippen MR) is 96.6 cm³/mol. The third-order valence-electron chi connectivity index (χ3n) is 4.49. The molecule has 0 unspecified atom stereocenters. The average Bonchev–Trinajstić information content (AvgIpc) is 2.70. The monoisotopic (exact) mass is 427 g/mol. The van der Waals surface area contributed by atoms with Gasteiger partial charge < -0.3 is 25.8 Å². The summed E-state index contributed by atoms with van der Waals surface area (Å²) < 4.78 is 65.1. The van der Waals surface area contributed by atoms with Gasteiger partial charge in [-0.3, -0.25) is 4.79 Å². The Morgan fingerprint density at radius 3 is 2.67 bits per heavy atom. The summed E-state index contributed by atoms with van der Waals surface area (Å²) in [7, 11) is 1.38. The van der Waals surface area contributed by atoms with Crippen LogP contribution in [0.4, 0.5) is 23.2 Å². The number of halogens is 4. The number of nitrogens with two attached hydrogens (primary N) is 1. The highest BCUT2D eigenvalue weighted by molar-refractivity contribution is 6.02. The maximum absolute atomic E-state index is 14.5. The Labute approximate surface area is 168 Å². The number of ether oxygens (including phenoxy) is 2. The molecule has 12 heteroatoms. The predicted octanol–water partition coefficient (Wildman–Crippen LogP) is 2.62. The van der Waals surface area contributed by atoms with Crippen molar-refractivity contribution in [1.29, 1.82) is 0 Å². The zero-order valence-corrected chi connectivity index (χ0v) is 15.7. The average molecular weight is 427 g/mol. The van der Waals surface area contributed by atoms with Gasteiger partial charge >= 0.3 is 6.18 Å². The van der Waals surface area contributed by atoms with E-state index in [0.29, 0.717) is 0 Å². The van der Waals surface area contributed by atoms with Crippen molar-refractivity contribution in [2.75, 3.05) is 12.4 Å². The van der Waals surface area contributed by atoms with Gasteiger partial charge in [-0.2, -0.15) is 13.2 Å². The molecule has 0 fully saturated rings. The summed E-state index contributed by atoms with van der Waals surface area (Å²) >= 11 is 0. The van der Waals surface area contributed by atoms with E-state index in [9.17, 15) is 22.4 Å². The van der Waals surface area contributed by atoms with Gasteiger partial charge in [0.1, 0.15) is 29.6 Å². The van der Waals surface area contributed by atoms with Crippen LogP contribution >= 0.6 is 0 Å². The van der Waals surface area contributed by atoms with Gasteiger partial charge in [0.25, 0.3) is 5.91 Å². The second-order valence-corrected chi connectivity index (χ2v) is 6.51. The third kappa shape index (κ3) is 3.93. The molecule has 30 heavy (non-hydrogen) atoms. The van der Waals surface area contributed by atoms with Crippen LogP contribution in [0.5, 0.6) is 5.88 Å². The molecule has 3 rings (SSSR count). The Morgan fingerprint density at radius 1 is 1.33 bits per heavy atom. The highest BCUT2D eigenvalue weighted by Gasteiger charge is 2.60. The fourth-order valence-corrected chi connectivity index (χ4v) is 2.77. The van der Waals surface area contributed by atoms with E-state index >= 15 is 0 Å². The molecule has 2 atom stereocenters. The molecule has 0 radical (unpaired) electrons. The fraction of sp³-hybridized carbons (Fsp3) is 0.278. The molecule has 1 aromatic heterocycles. The number of nitrogens with zero attached hydrogens (tertiary/aromatic N) is 2. The van der Waals surface area contributed by atoms with Crippen molar-refractivity contribution in [2.24, 2.45) is 5.73 Å². The number of aromatic nitrogens is 2. The van der Waals surface area contributed by atoms with Crippen molar-refractivity contribution in [3.05, 3.63) is 59.8 Å². The molecular formula is C18H17F4N5O3. The Kier molecular flexibility index (Phi) is 5.42. The van der Waals surface area contributed by atoms with Crippen LogP contribution < -0.4 is 21.1 Å². The second-order valence-electron chi connectivity index (χ2n) is 6.51. The summed E-state index contributed by atoms with van der Waals surface area (Å²) in [5.41, 5.74) is 2.29. The first-order chi connectivity index (χ1) is 14.0. The Bertz CT molecular complexity index is 981. The van der Waals surface area contributed by atoms with Crippen LogP contribution in [0.1, 0.15) is 29.0 Å². The van der Waals surface area contributed by atoms with Crippen LogP contribution in [0.3, 0.4) is 0 Å². The van der Waals surface area contributed by atoms with Crippen LogP contribution in [0.25, 0.3) is 0 Å². The van der Waals surface area contributed by atoms with Gasteiger partial charge in [0.2, 0.25) is 11.5 Å². The molecule has 0 aliphatic carbocycles. The molecule has 0 bridgehead atoms. The lowest BCUT2D eigenvalue weighted by Crippen LogP contribution is -2.56. The second kappa shape index (κ2) is 7.69. The molecule has 8 nitrogen and oxygen atoms in total. The van der Waals surface area contributed by atoms with Crippen LogP contribution in [0, 0.1) is 5.82 Å². The molecular weight excluding hydrogens is 410 g/mol. The molecule has 0 spiro atoms. The zero-order chi connectivity index (χ0) is 22.1. The number of carbonyl (C=O) groups is 1. The zero-order valence-electron chi connectivity index (χ0n) is 15.7. The maximum atomic E-state index is 14.5.